The minimum Gasteiger partial charge on any atom is -0.487 e. The highest BCUT2D eigenvalue weighted by molar-refractivity contribution is 9.08. The summed E-state index contributed by atoms with van der Waals surface area (Å²) in [6.07, 6.45) is 0. The molecule has 0 saturated heterocycles. The van der Waals surface area contributed by atoms with E-state index in [9.17, 15) is 4.39 Å². The molecule has 0 bridgehead atoms. The number of aryl methyl sites for hydroxylation is 1. The zero-order chi connectivity index (χ0) is 13.0. The predicted octanol–water partition coefficient (Wildman–Crippen LogP) is 4.00. The molecule has 0 atom stereocenters. The van der Waals surface area contributed by atoms with Crippen LogP contribution in [0.4, 0.5) is 4.39 Å². The van der Waals surface area contributed by atoms with Gasteiger partial charge >= 0.3 is 0 Å². The van der Waals surface area contributed by atoms with Crippen molar-refractivity contribution in [2.24, 2.45) is 0 Å². The molecule has 18 heavy (non-hydrogen) atoms. The van der Waals surface area contributed by atoms with Crippen molar-refractivity contribution in [3.05, 3.63) is 59.2 Å². The van der Waals surface area contributed by atoms with Gasteiger partial charge in [0, 0.05) is 11.0 Å². The number of ether oxygens (including phenoxy) is 1. The average Bonchev–Trinajstić information content (AvgIpc) is 2.39. The average molecular weight is 310 g/mol. The van der Waals surface area contributed by atoms with Gasteiger partial charge in [-0.1, -0.05) is 28.1 Å². The Morgan fingerprint density at radius 3 is 2.56 bits per heavy atom. The molecule has 0 aliphatic carbocycles. The van der Waals surface area contributed by atoms with Crippen LogP contribution in [0.5, 0.6) is 5.75 Å². The number of hydrogen-bond donors (Lipinski definition) is 0. The number of halogens is 2. The monoisotopic (exact) mass is 309 g/mol. The van der Waals surface area contributed by atoms with E-state index in [1.165, 1.54) is 12.1 Å². The minimum absolute atomic E-state index is 0.239. The fourth-order valence-corrected chi connectivity index (χ4v) is 1.97. The van der Waals surface area contributed by atoms with Crippen LogP contribution in [-0.2, 0) is 11.9 Å². The first kappa shape index (κ1) is 13.0. The Labute approximate surface area is 114 Å². The van der Waals surface area contributed by atoms with Crippen molar-refractivity contribution >= 4 is 15.9 Å². The Morgan fingerprint density at radius 2 is 1.89 bits per heavy atom. The molecule has 2 aromatic rings. The highest BCUT2D eigenvalue weighted by Crippen LogP contribution is 2.20. The number of aromatic nitrogens is 1. The van der Waals surface area contributed by atoms with Gasteiger partial charge in [0.15, 0.2) is 0 Å². The second-order valence-corrected chi connectivity index (χ2v) is 4.51. The molecule has 0 fully saturated rings. The molecule has 0 amide bonds. The zero-order valence-corrected chi connectivity index (χ0v) is 11.6. The van der Waals surface area contributed by atoms with Crippen molar-refractivity contribution in [2.45, 2.75) is 18.9 Å². The predicted molar refractivity (Wildman–Crippen MR) is 72.3 cm³/mol. The largest absolute Gasteiger partial charge is 0.487 e. The van der Waals surface area contributed by atoms with Gasteiger partial charge in [-0.25, -0.2) is 4.39 Å². The van der Waals surface area contributed by atoms with Gasteiger partial charge in [-0.15, -0.1) is 0 Å². The van der Waals surface area contributed by atoms with Crippen LogP contribution in [0.25, 0.3) is 0 Å². The molecule has 1 aromatic carbocycles. The van der Waals surface area contributed by atoms with E-state index in [2.05, 4.69) is 20.9 Å². The first-order chi connectivity index (χ1) is 8.69. The van der Waals surface area contributed by atoms with E-state index < -0.39 is 0 Å². The number of rotatable bonds is 4. The topological polar surface area (TPSA) is 22.1 Å². The zero-order valence-electron chi connectivity index (χ0n) is 9.99. The summed E-state index contributed by atoms with van der Waals surface area (Å²) < 4.78 is 18.5. The standard InChI is InChI=1S/C14H13BrFNO/c1-10-2-7-14(13(8-15)17-10)18-9-11-3-5-12(16)6-4-11/h2-7H,8-9H2,1H3. The summed E-state index contributed by atoms with van der Waals surface area (Å²) in [4.78, 5) is 4.39. The second-order valence-electron chi connectivity index (χ2n) is 3.95. The normalized spacial score (nSPS) is 10.4. The summed E-state index contributed by atoms with van der Waals surface area (Å²) in [6.45, 7) is 2.35. The van der Waals surface area contributed by atoms with Crippen LogP contribution in [0.2, 0.25) is 0 Å². The lowest BCUT2D eigenvalue weighted by atomic mass is 10.2. The van der Waals surface area contributed by atoms with Gasteiger partial charge in [-0.2, -0.15) is 0 Å². The van der Waals surface area contributed by atoms with Gasteiger partial charge in [0.1, 0.15) is 18.2 Å². The molecule has 2 nitrogen and oxygen atoms in total. The van der Waals surface area contributed by atoms with Gasteiger partial charge < -0.3 is 4.74 Å². The van der Waals surface area contributed by atoms with Crippen molar-refractivity contribution < 1.29 is 9.13 Å². The molecule has 2 rings (SSSR count). The van der Waals surface area contributed by atoms with Crippen molar-refractivity contribution in [3.63, 3.8) is 0 Å². The molecular weight excluding hydrogens is 297 g/mol. The highest BCUT2D eigenvalue weighted by atomic mass is 79.9. The van der Waals surface area contributed by atoms with Crippen molar-refractivity contribution in [3.8, 4) is 5.75 Å². The SMILES string of the molecule is Cc1ccc(OCc2ccc(F)cc2)c(CBr)n1. The van der Waals surface area contributed by atoms with Gasteiger partial charge in [0.2, 0.25) is 0 Å². The molecule has 94 valence electrons. The maximum absolute atomic E-state index is 12.8. The highest BCUT2D eigenvalue weighted by Gasteiger charge is 2.05. The summed E-state index contributed by atoms with van der Waals surface area (Å²) in [6, 6.07) is 10.1. The van der Waals surface area contributed by atoms with Crippen LogP contribution in [-0.4, -0.2) is 4.98 Å². The molecule has 1 heterocycles. The minimum atomic E-state index is -0.239. The first-order valence-electron chi connectivity index (χ1n) is 5.59. The smallest absolute Gasteiger partial charge is 0.142 e. The van der Waals surface area contributed by atoms with E-state index in [4.69, 9.17) is 4.74 Å². The Balaban J connectivity index is 2.08. The lowest BCUT2D eigenvalue weighted by molar-refractivity contribution is 0.302. The first-order valence-corrected chi connectivity index (χ1v) is 6.71. The maximum Gasteiger partial charge on any atom is 0.142 e. The summed E-state index contributed by atoms with van der Waals surface area (Å²) in [5.74, 6) is 0.513. The number of nitrogens with zero attached hydrogens (tertiary/aromatic N) is 1. The second kappa shape index (κ2) is 5.96. The van der Waals surface area contributed by atoms with E-state index in [1.807, 2.05) is 19.1 Å². The molecule has 0 aliphatic heterocycles. The maximum atomic E-state index is 12.8. The Morgan fingerprint density at radius 1 is 1.17 bits per heavy atom. The molecule has 0 spiro atoms. The van der Waals surface area contributed by atoms with E-state index in [1.54, 1.807) is 12.1 Å². The quantitative estimate of drug-likeness (QED) is 0.796. The molecular formula is C14H13BrFNO. The van der Waals surface area contributed by atoms with Crippen LogP contribution < -0.4 is 4.74 Å². The fraction of sp³-hybridized carbons (Fsp3) is 0.214. The number of pyridine rings is 1. The molecule has 0 unspecified atom stereocenters. The third kappa shape index (κ3) is 3.29. The van der Waals surface area contributed by atoms with Crippen LogP contribution >= 0.6 is 15.9 Å². The van der Waals surface area contributed by atoms with E-state index in [-0.39, 0.29) is 5.82 Å². The Bertz CT molecular complexity index is 528. The summed E-state index contributed by atoms with van der Waals surface area (Å²) in [5, 5.41) is 0.646. The van der Waals surface area contributed by atoms with Gasteiger partial charge in [0.25, 0.3) is 0 Å². The Hall–Kier alpha value is -1.42. The van der Waals surface area contributed by atoms with E-state index in [0.29, 0.717) is 11.9 Å². The van der Waals surface area contributed by atoms with Gasteiger partial charge in [0.05, 0.1) is 5.69 Å². The van der Waals surface area contributed by atoms with Crippen molar-refractivity contribution in [2.75, 3.05) is 0 Å². The fourth-order valence-electron chi connectivity index (χ4n) is 1.57. The van der Waals surface area contributed by atoms with Crippen molar-refractivity contribution in [1.82, 2.24) is 4.98 Å². The Kier molecular flexibility index (Phi) is 4.31. The summed E-state index contributed by atoms with van der Waals surface area (Å²) >= 11 is 3.39. The van der Waals surface area contributed by atoms with Gasteiger partial charge in [-0.3, -0.25) is 4.98 Å². The third-order valence-corrected chi connectivity index (χ3v) is 3.04. The molecule has 0 N–H and O–H groups in total. The number of benzene rings is 1. The van der Waals surface area contributed by atoms with Crippen LogP contribution in [0.15, 0.2) is 36.4 Å². The number of hydrogen-bond acceptors (Lipinski definition) is 2. The van der Waals surface area contributed by atoms with E-state index in [0.717, 1.165) is 22.7 Å². The lowest BCUT2D eigenvalue weighted by Crippen LogP contribution is -2.00. The van der Waals surface area contributed by atoms with Crippen molar-refractivity contribution in [1.29, 1.82) is 0 Å². The molecule has 4 heteroatoms. The van der Waals surface area contributed by atoms with Crippen LogP contribution in [0, 0.1) is 12.7 Å². The lowest BCUT2D eigenvalue weighted by Gasteiger charge is -2.10. The molecule has 1 aromatic heterocycles. The molecule has 0 radical (unpaired) electrons. The van der Waals surface area contributed by atoms with Crippen LogP contribution in [0.1, 0.15) is 17.0 Å². The number of alkyl halides is 1. The molecule has 0 saturated carbocycles. The van der Waals surface area contributed by atoms with E-state index >= 15 is 0 Å². The van der Waals surface area contributed by atoms with Gasteiger partial charge in [-0.05, 0) is 36.8 Å². The van der Waals surface area contributed by atoms with Crippen LogP contribution in [0.3, 0.4) is 0 Å². The summed E-state index contributed by atoms with van der Waals surface area (Å²) in [5.41, 5.74) is 2.76. The molecule has 0 aliphatic rings. The summed E-state index contributed by atoms with van der Waals surface area (Å²) in [7, 11) is 0. The third-order valence-electron chi connectivity index (χ3n) is 2.51.